The zero-order valence-corrected chi connectivity index (χ0v) is 18.8. The predicted molar refractivity (Wildman–Crippen MR) is 117 cm³/mol. The van der Waals surface area contributed by atoms with Gasteiger partial charge in [-0.05, 0) is 37.7 Å². The van der Waals surface area contributed by atoms with Crippen molar-refractivity contribution in [2.24, 2.45) is 16.7 Å². The predicted octanol–water partition coefficient (Wildman–Crippen LogP) is 3.40. The van der Waals surface area contributed by atoms with Crippen LogP contribution in [0.25, 0.3) is 0 Å². The average Bonchev–Trinajstić information content (AvgIpc) is 2.96. The zero-order chi connectivity index (χ0) is 22.9. The van der Waals surface area contributed by atoms with Crippen LogP contribution >= 0.6 is 0 Å². The summed E-state index contributed by atoms with van der Waals surface area (Å²) >= 11 is 0. The highest BCUT2D eigenvalue weighted by Gasteiger charge is 2.69. The molecule has 0 radical (unpaired) electrons. The SMILES string of the molecule is CC(O)C/C=C/C=C/C=C/C(=O)OC1C=C2COC(=O)[C@]2(O)[C@@]2(C)CCCC(C)(C)[C@H]12. The van der Waals surface area contributed by atoms with Crippen LogP contribution in [0.1, 0.15) is 53.4 Å². The van der Waals surface area contributed by atoms with Crippen LogP contribution in [0.15, 0.2) is 48.1 Å². The molecule has 3 aliphatic rings. The van der Waals surface area contributed by atoms with Gasteiger partial charge in [0.25, 0.3) is 0 Å². The molecule has 31 heavy (non-hydrogen) atoms. The second-order valence-corrected chi connectivity index (χ2v) is 9.87. The van der Waals surface area contributed by atoms with Crippen molar-refractivity contribution in [2.75, 3.05) is 6.61 Å². The van der Waals surface area contributed by atoms with E-state index in [1.54, 1.807) is 31.2 Å². The molecule has 1 saturated carbocycles. The lowest BCUT2D eigenvalue weighted by atomic mass is 9.46. The van der Waals surface area contributed by atoms with E-state index in [2.05, 4.69) is 13.8 Å². The van der Waals surface area contributed by atoms with Gasteiger partial charge in [-0.15, -0.1) is 0 Å². The molecule has 0 amide bonds. The Labute approximate surface area is 184 Å². The lowest BCUT2D eigenvalue weighted by Gasteiger charge is -2.59. The molecule has 0 spiro atoms. The first-order chi connectivity index (χ1) is 14.5. The average molecular weight is 431 g/mol. The number of aliphatic hydroxyl groups is 2. The molecule has 0 bridgehead atoms. The minimum absolute atomic E-state index is 0.0312. The molecule has 1 heterocycles. The molecule has 0 aromatic rings. The van der Waals surface area contributed by atoms with Gasteiger partial charge in [0.2, 0.25) is 0 Å². The Morgan fingerprint density at radius 1 is 1.26 bits per heavy atom. The van der Waals surface area contributed by atoms with E-state index in [-0.39, 0.29) is 24.0 Å². The molecule has 5 atom stereocenters. The van der Waals surface area contributed by atoms with Gasteiger partial charge in [0, 0.05) is 23.0 Å². The minimum Gasteiger partial charge on any atom is -0.459 e. The quantitative estimate of drug-likeness (QED) is 0.290. The molecule has 3 rings (SSSR count). The minimum atomic E-state index is -1.66. The van der Waals surface area contributed by atoms with Gasteiger partial charge in [-0.1, -0.05) is 57.6 Å². The fourth-order valence-corrected chi connectivity index (χ4v) is 5.74. The molecule has 0 aromatic carbocycles. The van der Waals surface area contributed by atoms with Crippen molar-refractivity contribution >= 4 is 11.9 Å². The van der Waals surface area contributed by atoms with E-state index < -0.39 is 29.1 Å². The van der Waals surface area contributed by atoms with E-state index in [1.807, 2.05) is 19.1 Å². The maximum absolute atomic E-state index is 12.6. The van der Waals surface area contributed by atoms with Gasteiger partial charge in [0.1, 0.15) is 12.7 Å². The van der Waals surface area contributed by atoms with Crippen LogP contribution < -0.4 is 0 Å². The van der Waals surface area contributed by atoms with Gasteiger partial charge in [-0.2, -0.15) is 0 Å². The van der Waals surface area contributed by atoms with Crippen LogP contribution in [0.5, 0.6) is 0 Å². The van der Waals surface area contributed by atoms with Crippen LogP contribution in [-0.4, -0.2) is 46.6 Å². The first-order valence-electron chi connectivity index (χ1n) is 11.0. The lowest BCUT2D eigenvalue weighted by Crippen LogP contribution is -2.65. The third kappa shape index (κ3) is 4.28. The summed E-state index contributed by atoms with van der Waals surface area (Å²) in [7, 11) is 0. The Hall–Kier alpha value is -2.18. The number of rotatable bonds is 6. The summed E-state index contributed by atoms with van der Waals surface area (Å²) in [5.41, 5.74) is -2.15. The molecule has 2 N–H and O–H groups in total. The molecule has 0 aromatic heterocycles. The van der Waals surface area contributed by atoms with Crippen molar-refractivity contribution in [2.45, 2.75) is 71.2 Å². The zero-order valence-electron chi connectivity index (χ0n) is 18.8. The van der Waals surface area contributed by atoms with Crippen molar-refractivity contribution in [1.82, 2.24) is 0 Å². The number of carbonyl (C=O) groups excluding carboxylic acids is 2. The summed E-state index contributed by atoms with van der Waals surface area (Å²) < 4.78 is 11.1. The summed E-state index contributed by atoms with van der Waals surface area (Å²) in [6, 6.07) is 0. The van der Waals surface area contributed by atoms with Crippen LogP contribution in [-0.2, 0) is 19.1 Å². The van der Waals surface area contributed by atoms with Gasteiger partial charge in [-0.25, -0.2) is 9.59 Å². The number of fused-ring (bicyclic) bond motifs is 3. The van der Waals surface area contributed by atoms with Gasteiger partial charge < -0.3 is 19.7 Å². The van der Waals surface area contributed by atoms with Crippen molar-refractivity contribution in [3.05, 3.63) is 48.1 Å². The largest absolute Gasteiger partial charge is 0.459 e. The normalized spacial score (nSPS) is 35.7. The molecule has 2 fully saturated rings. The first kappa shape index (κ1) is 23.5. The Morgan fingerprint density at radius 2 is 1.97 bits per heavy atom. The Balaban J connectivity index is 1.79. The smallest absolute Gasteiger partial charge is 0.343 e. The number of esters is 2. The maximum Gasteiger partial charge on any atom is 0.343 e. The van der Waals surface area contributed by atoms with Crippen molar-refractivity contribution < 1.29 is 29.3 Å². The number of allylic oxidation sites excluding steroid dienone is 4. The van der Waals surface area contributed by atoms with E-state index >= 15 is 0 Å². The summed E-state index contributed by atoms with van der Waals surface area (Å²) in [5.74, 6) is -1.29. The third-order valence-electron chi connectivity index (χ3n) is 7.12. The van der Waals surface area contributed by atoms with Crippen LogP contribution in [0, 0.1) is 16.7 Å². The third-order valence-corrected chi connectivity index (χ3v) is 7.12. The van der Waals surface area contributed by atoms with Gasteiger partial charge >= 0.3 is 11.9 Å². The van der Waals surface area contributed by atoms with Crippen LogP contribution in [0.4, 0.5) is 0 Å². The van der Waals surface area contributed by atoms with Crippen LogP contribution in [0.3, 0.4) is 0 Å². The summed E-state index contributed by atoms with van der Waals surface area (Å²) in [6.45, 7) is 7.89. The molecular formula is C25H34O6. The number of carbonyl (C=O) groups is 2. The van der Waals surface area contributed by atoms with Crippen molar-refractivity contribution in [3.63, 3.8) is 0 Å². The maximum atomic E-state index is 12.6. The number of hydrogen-bond acceptors (Lipinski definition) is 6. The summed E-state index contributed by atoms with van der Waals surface area (Å²) in [6.07, 6.45) is 14.0. The number of ether oxygens (including phenoxy) is 2. The van der Waals surface area contributed by atoms with Gasteiger partial charge in [0.15, 0.2) is 5.60 Å². The standard InChI is InChI=1S/C25H34O6/c1-17(26)11-8-6-5-7-9-12-20(27)31-19-15-18-16-30-22(28)25(18,29)24(4)14-10-13-23(2,3)21(19)24/h5-9,12,15,17,19,21,26,29H,10-11,13-14,16H2,1-4H3/b7-5+,8-6+,12-9+/t17?,19?,21-,24-,25-/m0/s1. The number of aliphatic hydroxyl groups excluding tert-OH is 1. The Morgan fingerprint density at radius 3 is 2.68 bits per heavy atom. The highest BCUT2D eigenvalue weighted by molar-refractivity contribution is 5.88. The number of cyclic esters (lactones) is 1. The highest BCUT2D eigenvalue weighted by Crippen LogP contribution is 2.63. The van der Waals surface area contributed by atoms with E-state index in [1.165, 1.54) is 6.08 Å². The van der Waals surface area contributed by atoms with Crippen LogP contribution in [0.2, 0.25) is 0 Å². The monoisotopic (exact) mass is 430 g/mol. The molecule has 2 unspecified atom stereocenters. The molecule has 1 saturated heterocycles. The lowest BCUT2D eigenvalue weighted by molar-refractivity contribution is -0.194. The van der Waals surface area contributed by atoms with Gasteiger partial charge in [0.05, 0.1) is 6.10 Å². The van der Waals surface area contributed by atoms with E-state index in [0.717, 1.165) is 12.8 Å². The fourth-order valence-electron chi connectivity index (χ4n) is 5.74. The number of hydrogen-bond donors (Lipinski definition) is 2. The van der Waals surface area contributed by atoms with E-state index in [4.69, 9.17) is 9.47 Å². The topological polar surface area (TPSA) is 93.1 Å². The van der Waals surface area contributed by atoms with E-state index in [9.17, 15) is 19.8 Å². The van der Waals surface area contributed by atoms with E-state index in [0.29, 0.717) is 18.4 Å². The summed E-state index contributed by atoms with van der Waals surface area (Å²) in [5, 5.41) is 20.7. The second-order valence-electron chi connectivity index (χ2n) is 9.87. The molecule has 6 nitrogen and oxygen atoms in total. The molecule has 1 aliphatic heterocycles. The first-order valence-corrected chi connectivity index (χ1v) is 11.0. The van der Waals surface area contributed by atoms with Crippen molar-refractivity contribution in [3.8, 4) is 0 Å². The van der Waals surface area contributed by atoms with Gasteiger partial charge in [-0.3, -0.25) is 0 Å². The Kier molecular flexibility index (Phi) is 6.63. The molecular weight excluding hydrogens is 396 g/mol. The summed E-state index contributed by atoms with van der Waals surface area (Å²) in [4.78, 5) is 25.1. The van der Waals surface area contributed by atoms with Crippen molar-refractivity contribution in [1.29, 1.82) is 0 Å². The highest BCUT2D eigenvalue weighted by atomic mass is 16.6. The second kappa shape index (κ2) is 8.75. The molecule has 2 aliphatic carbocycles. The fraction of sp³-hybridized carbons (Fsp3) is 0.600. The molecule has 170 valence electrons. The molecule has 6 heteroatoms. The Bertz CT molecular complexity index is 833.